The van der Waals surface area contributed by atoms with Gasteiger partial charge in [-0.3, -0.25) is 9.59 Å². The number of carbonyl (C=O) groups excluding carboxylic acids is 3. The Morgan fingerprint density at radius 2 is 1.76 bits per heavy atom. The summed E-state index contributed by atoms with van der Waals surface area (Å²) in [4.78, 5) is 35.1. The summed E-state index contributed by atoms with van der Waals surface area (Å²) in [6, 6.07) is 10.5. The number of anilines is 1. The summed E-state index contributed by atoms with van der Waals surface area (Å²) < 4.78 is 5.07. The van der Waals surface area contributed by atoms with Crippen LogP contribution in [-0.2, 0) is 9.53 Å². The quantitative estimate of drug-likeness (QED) is 0.718. The van der Waals surface area contributed by atoms with Crippen LogP contribution in [-0.4, -0.2) is 29.0 Å². The molecule has 1 atom stereocenters. The van der Waals surface area contributed by atoms with Crippen molar-refractivity contribution in [2.75, 3.05) is 5.32 Å². The Morgan fingerprint density at radius 3 is 2.32 bits per heavy atom. The van der Waals surface area contributed by atoms with Crippen LogP contribution in [0, 0.1) is 6.92 Å². The van der Waals surface area contributed by atoms with E-state index in [1.54, 1.807) is 13.0 Å². The van der Waals surface area contributed by atoms with Crippen molar-refractivity contribution < 1.29 is 24.2 Å². The second-order valence-electron chi connectivity index (χ2n) is 5.50. The molecule has 0 saturated heterocycles. The van der Waals surface area contributed by atoms with Gasteiger partial charge in [0.15, 0.2) is 6.10 Å². The Balaban J connectivity index is 1.99. The highest BCUT2D eigenvalue weighted by atomic mass is 16.5. The highest BCUT2D eigenvalue weighted by Crippen LogP contribution is 2.20. The maximum absolute atomic E-state index is 12.1. The van der Waals surface area contributed by atoms with Crippen LogP contribution in [0.25, 0.3) is 0 Å². The van der Waals surface area contributed by atoms with Crippen molar-refractivity contribution in [1.29, 1.82) is 0 Å². The van der Waals surface area contributed by atoms with E-state index in [1.165, 1.54) is 43.3 Å². The molecule has 4 N–H and O–H groups in total. The lowest BCUT2D eigenvalue weighted by Crippen LogP contribution is -2.30. The number of benzene rings is 2. The lowest BCUT2D eigenvalue weighted by Gasteiger charge is -2.14. The number of aromatic hydroxyl groups is 1. The smallest absolute Gasteiger partial charge is 0.342 e. The Kier molecular flexibility index (Phi) is 5.38. The predicted molar refractivity (Wildman–Crippen MR) is 91.3 cm³/mol. The zero-order valence-corrected chi connectivity index (χ0v) is 13.8. The molecule has 2 rings (SSSR count). The van der Waals surface area contributed by atoms with Crippen LogP contribution in [0.1, 0.15) is 33.2 Å². The Hall–Kier alpha value is -3.35. The molecule has 0 radical (unpaired) electrons. The first-order valence-electron chi connectivity index (χ1n) is 7.49. The Bertz CT molecular complexity index is 815. The normalized spacial score (nSPS) is 11.4. The van der Waals surface area contributed by atoms with E-state index < -0.39 is 23.9 Å². The number of primary amides is 1. The molecule has 2 aromatic rings. The number of rotatable bonds is 5. The summed E-state index contributed by atoms with van der Waals surface area (Å²) in [5.41, 5.74) is 6.65. The number of esters is 1. The molecule has 0 heterocycles. The zero-order valence-electron chi connectivity index (χ0n) is 13.8. The van der Waals surface area contributed by atoms with Crippen LogP contribution in [0.2, 0.25) is 0 Å². The summed E-state index contributed by atoms with van der Waals surface area (Å²) in [7, 11) is 0. The van der Waals surface area contributed by atoms with Crippen molar-refractivity contribution in [3.05, 3.63) is 59.2 Å². The van der Waals surface area contributed by atoms with E-state index in [1.807, 2.05) is 0 Å². The average Bonchev–Trinajstić information content (AvgIpc) is 2.55. The minimum absolute atomic E-state index is 0.0175. The number of phenols is 1. The molecule has 0 fully saturated rings. The number of nitrogens with one attached hydrogen (secondary N) is 1. The molecule has 0 aliphatic carbocycles. The molecule has 2 amide bonds. The number of hydrogen-bond acceptors (Lipinski definition) is 5. The number of hydrogen-bond donors (Lipinski definition) is 3. The van der Waals surface area contributed by atoms with E-state index in [0.29, 0.717) is 11.3 Å². The minimum Gasteiger partial charge on any atom is -0.507 e. The first-order valence-corrected chi connectivity index (χ1v) is 7.49. The van der Waals surface area contributed by atoms with E-state index in [2.05, 4.69) is 5.32 Å². The van der Waals surface area contributed by atoms with Gasteiger partial charge in [-0.2, -0.15) is 0 Å². The van der Waals surface area contributed by atoms with Gasteiger partial charge >= 0.3 is 5.97 Å². The fraction of sp³-hybridized carbons (Fsp3) is 0.167. The molecule has 0 unspecified atom stereocenters. The van der Waals surface area contributed by atoms with E-state index in [0.717, 1.165) is 5.56 Å². The van der Waals surface area contributed by atoms with Crippen LogP contribution in [0.3, 0.4) is 0 Å². The summed E-state index contributed by atoms with van der Waals surface area (Å²) in [6.07, 6.45) is -1.08. The second kappa shape index (κ2) is 7.48. The number of nitrogens with two attached hydrogens (primary N) is 1. The second-order valence-corrected chi connectivity index (χ2v) is 5.50. The molecule has 7 heteroatoms. The van der Waals surface area contributed by atoms with E-state index in [4.69, 9.17) is 10.5 Å². The SMILES string of the molecule is Cc1ccc(C(=O)O[C@@H](C)C(=O)Nc2ccc(C(N)=O)cc2)c(O)c1. The van der Waals surface area contributed by atoms with Crippen molar-refractivity contribution in [2.45, 2.75) is 20.0 Å². The average molecular weight is 342 g/mol. The van der Waals surface area contributed by atoms with Gasteiger partial charge in [0.25, 0.3) is 5.91 Å². The van der Waals surface area contributed by atoms with Crippen molar-refractivity contribution >= 4 is 23.5 Å². The van der Waals surface area contributed by atoms with Crippen molar-refractivity contribution in [2.24, 2.45) is 5.73 Å². The third-order valence-corrected chi connectivity index (χ3v) is 3.46. The van der Waals surface area contributed by atoms with Crippen LogP contribution >= 0.6 is 0 Å². The summed E-state index contributed by atoms with van der Waals surface area (Å²) >= 11 is 0. The summed E-state index contributed by atoms with van der Waals surface area (Å²) in [5, 5.41) is 12.3. The summed E-state index contributed by atoms with van der Waals surface area (Å²) in [6.45, 7) is 3.19. The molecular formula is C18H18N2O5. The highest BCUT2D eigenvalue weighted by molar-refractivity contribution is 5.99. The maximum Gasteiger partial charge on any atom is 0.342 e. The molecule has 0 aliphatic rings. The van der Waals surface area contributed by atoms with Gasteiger partial charge in [0.2, 0.25) is 5.91 Å². The van der Waals surface area contributed by atoms with Crippen molar-refractivity contribution in [1.82, 2.24) is 0 Å². The molecule has 0 saturated carbocycles. The number of amides is 2. The number of phenolic OH excluding ortho intramolecular Hbond substituents is 1. The van der Waals surface area contributed by atoms with Crippen LogP contribution in [0.4, 0.5) is 5.69 Å². The third-order valence-electron chi connectivity index (χ3n) is 3.46. The molecular weight excluding hydrogens is 324 g/mol. The van der Waals surface area contributed by atoms with Gasteiger partial charge in [-0.25, -0.2) is 4.79 Å². The van der Waals surface area contributed by atoms with Crippen LogP contribution < -0.4 is 11.1 Å². The van der Waals surface area contributed by atoms with Gasteiger partial charge in [-0.1, -0.05) is 6.07 Å². The van der Waals surface area contributed by atoms with Crippen LogP contribution in [0.5, 0.6) is 5.75 Å². The third kappa shape index (κ3) is 4.57. The lowest BCUT2D eigenvalue weighted by molar-refractivity contribution is -0.123. The molecule has 0 spiro atoms. The topological polar surface area (TPSA) is 119 Å². The first-order chi connectivity index (χ1) is 11.8. The molecule has 25 heavy (non-hydrogen) atoms. The standard InChI is InChI=1S/C18H18N2O5/c1-10-3-8-14(15(21)9-10)18(24)25-11(2)17(23)20-13-6-4-12(5-7-13)16(19)22/h3-9,11,21H,1-2H3,(H2,19,22)(H,20,23)/t11-/m0/s1. The van der Waals surface area contributed by atoms with Gasteiger partial charge in [0.05, 0.1) is 0 Å². The van der Waals surface area contributed by atoms with E-state index >= 15 is 0 Å². The fourth-order valence-electron chi connectivity index (χ4n) is 2.05. The van der Waals surface area contributed by atoms with Gasteiger partial charge in [-0.15, -0.1) is 0 Å². The van der Waals surface area contributed by atoms with Gasteiger partial charge in [0.1, 0.15) is 11.3 Å². The number of carbonyl (C=O) groups is 3. The minimum atomic E-state index is -1.08. The van der Waals surface area contributed by atoms with Crippen molar-refractivity contribution in [3.63, 3.8) is 0 Å². The number of ether oxygens (including phenoxy) is 1. The Morgan fingerprint density at radius 1 is 1.12 bits per heavy atom. The first kappa shape index (κ1) is 18.0. The molecule has 0 aliphatic heterocycles. The summed E-state index contributed by atoms with van der Waals surface area (Å²) in [5.74, 6) is -2.13. The zero-order chi connectivity index (χ0) is 18.6. The highest BCUT2D eigenvalue weighted by Gasteiger charge is 2.21. The van der Waals surface area contributed by atoms with E-state index in [-0.39, 0.29) is 11.3 Å². The molecule has 0 bridgehead atoms. The van der Waals surface area contributed by atoms with E-state index in [9.17, 15) is 19.5 Å². The molecule has 2 aromatic carbocycles. The Labute approximate surface area is 144 Å². The fourth-order valence-corrected chi connectivity index (χ4v) is 2.05. The predicted octanol–water partition coefficient (Wildman–Crippen LogP) is 1.98. The number of aryl methyl sites for hydroxylation is 1. The van der Waals surface area contributed by atoms with Crippen LogP contribution in [0.15, 0.2) is 42.5 Å². The molecule has 0 aromatic heterocycles. The van der Waals surface area contributed by atoms with Gasteiger partial charge in [-0.05, 0) is 55.8 Å². The largest absolute Gasteiger partial charge is 0.507 e. The maximum atomic E-state index is 12.1. The van der Waals surface area contributed by atoms with Crippen molar-refractivity contribution in [3.8, 4) is 5.75 Å². The van der Waals surface area contributed by atoms with Gasteiger partial charge in [0, 0.05) is 11.3 Å². The van der Waals surface area contributed by atoms with Gasteiger partial charge < -0.3 is 20.9 Å². The molecule has 130 valence electrons. The molecule has 7 nitrogen and oxygen atoms in total. The monoisotopic (exact) mass is 342 g/mol. The lowest BCUT2D eigenvalue weighted by atomic mass is 10.1.